The van der Waals surface area contributed by atoms with Gasteiger partial charge in [0.2, 0.25) is 5.91 Å². The van der Waals surface area contributed by atoms with Gasteiger partial charge in [0.15, 0.2) is 11.6 Å². The SMILES string of the molecule is CC1(C)CC(=O)C(=CNCCN2CCN(CC(=O)NC34CCC5CC(CC5C3)C4)CC2)C(=O)C1. The number of piperazine rings is 1. The number of hydrogen-bond acceptors (Lipinski definition) is 6. The summed E-state index contributed by atoms with van der Waals surface area (Å²) in [5.74, 6) is 2.77. The Bertz CT molecular complexity index is 834. The summed E-state index contributed by atoms with van der Waals surface area (Å²) in [7, 11) is 0. The highest BCUT2D eigenvalue weighted by Crippen LogP contribution is 2.56. The molecule has 4 saturated carbocycles. The molecule has 5 aliphatic rings. The minimum Gasteiger partial charge on any atom is -0.389 e. The van der Waals surface area contributed by atoms with Crippen LogP contribution in [-0.4, -0.2) is 78.6 Å². The Morgan fingerprint density at radius 3 is 2.41 bits per heavy atom. The molecule has 5 rings (SSSR count). The van der Waals surface area contributed by atoms with Gasteiger partial charge in [-0.05, 0) is 61.7 Å². The van der Waals surface area contributed by atoms with E-state index in [1.807, 2.05) is 13.8 Å². The van der Waals surface area contributed by atoms with Crippen molar-refractivity contribution in [2.75, 3.05) is 45.8 Å². The molecular formula is C27H42N4O3. The number of rotatable bonds is 7. The van der Waals surface area contributed by atoms with E-state index in [0.717, 1.165) is 50.5 Å². The molecule has 1 aliphatic heterocycles. The third kappa shape index (κ3) is 5.25. The molecular weight excluding hydrogens is 428 g/mol. The first-order valence-electron chi connectivity index (χ1n) is 13.5. The smallest absolute Gasteiger partial charge is 0.234 e. The third-order valence-corrected chi connectivity index (χ3v) is 9.20. The highest BCUT2D eigenvalue weighted by Gasteiger charge is 2.52. The Labute approximate surface area is 204 Å². The highest BCUT2D eigenvalue weighted by molar-refractivity contribution is 6.22. The van der Waals surface area contributed by atoms with Gasteiger partial charge in [-0.3, -0.25) is 24.2 Å². The molecule has 4 unspecified atom stereocenters. The van der Waals surface area contributed by atoms with Crippen LogP contribution in [0.5, 0.6) is 0 Å². The topological polar surface area (TPSA) is 81.8 Å². The number of nitrogens with one attached hydrogen (secondary N) is 2. The average molecular weight is 471 g/mol. The first kappa shape index (κ1) is 24.0. The third-order valence-electron chi connectivity index (χ3n) is 9.20. The summed E-state index contributed by atoms with van der Waals surface area (Å²) in [6, 6.07) is 0. The second-order valence-electron chi connectivity index (χ2n) is 12.6. The lowest BCUT2D eigenvalue weighted by atomic mass is 9.67. The maximum atomic E-state index is 12.9. The van der Waals surface area contributed by atoms with Crippen molar-refractivity contribution in [1.29, 1.82) is 0 Å². The summed E-state index contributed by atoms with van der Waals surface area (Å²) in [5.41, 5.74) is 0.197. The molecule has 7 heteroatoms. The van der Waals surface area contributed by atoms with Crippen molar-refractivity contribution < 1.29 is 14.4 Å². The molecule has 7 nitrogen and oxygen atoms in total. The van der Waals surface area contributed by atoms with E-state index >= 15 is 0 Å². The fourth-order valence-corrected chi connectivity index (χ4v) is 7.62. The highest BCUT2D eigenvalue weighted by atomic mass is 16.2. The second kappa shape index (κ2) is 9.38. The Morgan fingerprint density at radius 2 is 1.68 bits per heavy atom. The first-order valence-corrected chi connectivity index (χ1v) is 13.5. The van der Waals surface area contributed by atoms with E-state index in [1.54, 1.807) is 6.20 Å². The Morgan fingerprint density at radius 1 is 1.00 bits per heavy atom. The number of allylic oxidation sites excluding steroid dienone is 1. The molecule has 1 heterocycles. The van der Waals surface area contributed by atoms with Crippen molar-refractivity contribution in [2.45, 2.75) is 70.8 Å². The Hall–Kier alpha value is -1.73. The molecule has 0 spiro atoms. The van der Waals surface area contributed by atoms with Crippen molar-refractivity contribution in [3.63, 3.8) is 0 Å². The Kier molecular flexibility index (Phi) is 6.62. The van der Waals surface area contributed by atoms with Gasteiger partial charge in [0, 0.05) is 63.8 Å². The molecule has 0 aromatic carbocycles. The molecule has 3 bridgehead atoms. The van der Waals surface area contributed by atoms with Gasteiger partial charge in [-0.15, -0.1) is 0 Å². The van der Waals surface area contributed by atoms with Crippen LogP contribution in [0, 0.1) is 23.2 Å². The molecule has 1 amide bonds. The van der Waals surface area contributed by atoms with Crippen molar-refractivity contribution in [3.05, 3.63) is 11.8 Å². The van der Waals surface area contributed by atoms with E-state index in [0.29, 0.717) is 31.5 Å². The minimum absolute atomic E-state index is 0.0471. The molecule has 4 aliphatic carbocycles. The van der Waals surface area contributed by atoms with Gasteiger partial charge in [-0.2, -0.15) is 0 Å². The van der Waals surface area contributed by atoms with Crippen LogP contribution < -0.4 is 10.6 Å². The largest absolute Gasteiger partial charge is 0.389 e. The predicted octanol–water partition coefficient (Wildman–Crippen LogP) is 2.12. The summed E-state index contributed by atoms with van der Waals surface area (Å²) in [6.45, 7) is 9.72. The minimum atomic E-state index is -0.225. The summed E-state index contributed by atoms with van der Waals surface area (Å²) in [5, 5.41) is 6.68. The van der Waals surface area contributed by atoms with Gasteiger partial charge in [0.05, 0.1) is 12.1 Å². The van der Waals surface area contributed by atoms with Crippen LogP contribution in [0.1, 0.15) is 65.2 Å². The lowest BCUT2D eigenvalue weighted by Gasteiger charge is -2.46. The van der Waals surface area contributed by atoms with E-state index in [1.165, 1.54) is 38.5 Å². The normalized spacial score (nSPS) is 35.5. The van der Waals surface area contributed by atoms with E-state index in [9.17, 15) is 14.4 Å². The number of hydrogen-bond donors (Lipinski definition) is 2. The molecule has 5 fully saturated rings. The second-order valence-corrected chi connectivity index (χ2v) is 12.6. The molecule has 188 valence electrons. The fourth-order valence-electron chi connectivity index (χ4n) is 7.62. The predicted molar refractivity (Wildman–Crippen MR) is 131 cm³/mol. The molecule has 34 heavy (non-hydrogen) atoms. The van der Waals surface area contributed by atoms with Gasteiger partial charge in [-0.25, -0.2) is 0 Å². The number of fused-ring (bicyclic) bond motifs is 2. The van der Waals surface area contributed by atoms with Gasteiger partial charge < -0.3 is 10.6 Å². The van der Waals surface area contributed by atoms with Crippen molar-refractivity contribution >= 4 is 17.5 Å². The molecule has 0 aromatic rings. The number of amides is 1. The van der Waals surface area contributed by atoms with Crippen LogP contribution in [0.25, 0.3) is 0 Å². The zero-order valence-corrected chi connectivity index (χ0v) is 21.0. The first-order chi connectivity index (χ1) is 16.2. The summed E-state index contributed by atoms with van der Waals surface area (Å²) in [4.78, 5) is 42.1. The number of carbonyl (C=O) groups is 3. The summed E-state index contributed by atoms with van der Waals surface area (Å²) >= 11 is 0. The van der Waals surface area contributed by atoms with Crippen LogP contribution >= 0.6 is 0 Å². The van der Waals surface area contributed by atoms with Gasteiger partial charge >= 0.3 is 0 Å². The summed E-state index contributed by atoms with van der Waals surface area (Å²) < 4.78 is 0. The van der Waals surface area contributed by atoms with Crippen LogP contribution in [0.15, 0.2) is 11.8 Å². The number of ketones is 2. The van der Waals surface area contributed by atoms with Gasteiger partial charge in [0.25, 0.3) is 0 Å². The summed E-state index contributed by atoms with van der Waals surface area (Å²) in [6.07, 6.45) is 10.2. The number of carbonyl (C=O) groups excluding carboxylic acids is 3. The maximum Gasteiger partial charge on any atom is 0.234 e. The van der Waals surface area contributed by atoms with E-state index in [2.05, 4.69) is 20.4 Å². The van der Waals surface area contributed by atoms with Crippen molar-refractivity contribution in [1.82, 2.24) is 20.4 Å². The maximum absolute atomic E-state index is 12.9. The number of Topliss-reactive ketones (excluding diaryl/α,β-unsaturated/α-hetero) is 2. The fraction of sp³-hybridized carbons (Fsp3) is 0.815. The molecule has 1 saturated heterocycles. The van der Waals surface area contributed by atoms with Gasteiger partial charge in [0.1, 0.15) is 0 Å². The van der Waals surface area contributed by atoms with Crippen LogP contribution in [0.4, 0.5) is 0 Å². The zero-order chi connectivity index (χ0) is 23.9. The lowest BCUT2D eigenvalue weighted by molar-refractivity contribution is -0.128. The van der Waals surface area contributed by atoms with E-state index in [-0.39, 0.29) is 28.4 Å². The number of nitrogens with zero attached hydrogens (tertiary/aromatic N) is 2. The van der Waals surface area contributed by atoms with E-state index < -0.39 is 0 Å². The molecule has 2 N–H and O–H groups in total. The quantitative estimate of drug-likeness (QED) is 0.337. The zero-order valence-electron chi connectivity index (χ0n) is 21.0. The van der Waals surface area contributed by atoms with Crippen molar-refractivity contribution in [2.24, 2.45) is 23.2 Å². The molecule has 0 radical (unpaired) electrons. The monoisotopic (exact) mass is 470 g/mol. The molecule has 0 aromatic heterocycles. The van der Waals surface area contributed by atoms with Crippen molar-refractivity contribution in [3.8, 4) is 0 Å². The van der Waals surface area contributed by atoms with Crippen LogP contribution in [-0.2, 0) is 14.4 Å². The Balaban J connectivity index is 1.00. The standard InChI is InChI=1S/C27H42N4O3/c1-26(2)15-23(32)22(24(33)16-26)17-28-5-6-30-7-9-31(10-8-30)18-25(34)29-27-4-3-20-11-19(13-27)12-21(20)14-27/h17,19-21,28H,3-16,18H2,1-2H3,(H,29,34). The van der Waals surface area contributed by atoms with Gasteiger partial charge in [-0.1, -0.05) is 13.8 Å². The lowest BCUT2D eigenvalue weighted by Crippen LogP contribution is -2.57. The van der Waals surface area contributed by atoms with Crippen LogP contribution in [0.2, 0.25) is 0 Å². The average Bonchev–Trinajstić information content (AvgIpc) is 2.97. The van der Waals surface area contributed by atoms with E-state index in [4.69, 9.17) is 0 Å². The molecule has 4 atom stereocenters. The van der Waals surface area contributed by atoms with Crippen LogP contribution in [0.3, 0.4) is 0 Å².